The lowest BCUT2D eigenvalue weighted by Gasteiger charge is -2.20. The molecule has 0 aromatic heterocycles. The molecule has 1 rings (SSSR count). The molecule has 1 N–H and O–H groups in total. The fourth-order valence-corrected chi connectivity index (χ4v) is 3.15. The van der Waals surface area contributed by atoms with Crippen LogP contribution < -0.4 is 5.32 Å². The van der Waals surface area contributed by atoms with Gasteiger partial charge < -0.3 is 5.32 Å². The largest absolute Gasteiger partial charge is 0.314 e. The number of rotatable bonds is 9. The Morgan fingerprint density at radius 1 is 1.06 bits per heavy atom. The van der Waals surface area contributed by atoms with Crippen LogP contribution in [0.3, 0.4) is 0 Å². The summed E-state index contributed by atoms with van der Waals surface area (Å²) >= 11 is 0. The van der Waals surface area contributed by atoms with Gasteiger partial charge in [0.25, 0.3) is 0 Å². The van der Waals surface area contributed by atoms with Crippen LogP contribution in [0.2, 0.25) is 0 Å². The summed E-state index contributed by atoms with van der Waals surface area (Å²) in [5.74, 6) is 1.92. The Morgan fingerprint density at radius 3 is 2.35 bits per heavy atom. The lowest BCUT2D eigenvalue weighted by atomic mass is 9.95. The zero-order valence-corrected chi connectivity index (χ0v) is 12.3. The highest BCUT2D eigenvalue weighted by Gasteiger charge is 2.16. The molecule has 1 fully saturated rings. The summed E-state index contributed by atoms with van der Waals surface area (Å²) in [6, 6.07) is 0.791. The van der Waals surface area contributed by atoms with Gasteiger partial charge in [-0.15, -0.1) is 0 Å². The molecule has 0 aliphatic heterocycles. The van der Waals surface area contributed by atoms with Gasteiger partial charge in [0, 0.05) is 6.04 Å². The second-order valence-corrected chi connectivity index (χ2v) is 6.31. The van der Waals surface area contributed by atoms with Crippen molar-refractivity contribution in [1.29, 1.82) is 0 Å². The SMILES string of the molecule is CCNC(CCCC(C)C)CCC1CCCC1. The van der Waals surface area contributed by atoms with Crippen LogP contribution >= 0.6 is 0 Å². The van der Waals surface area contributed by atoms with Gasteiger partial charge in [0.05, 0.1) is 0 Å². The van der Waals surface area contributed by atoms with Gasteiger partial charge in [0.1, 0.15) is 0 Å². The van der Waals surface area contributed by atoms with Crippen molar-refractivity contribution in [2.45, 2.75) is 84.6 Å². The van der Waals surface area contributed by atoms with E-state index in [9.17, 15) is 0 Å². The van der Waals surface area contributed by atoms with E-state index < -0.39 is 0 Å². The van der Waals surface area contributed by atoms with E-state index in [0.29, 0.717) is 0 Å². The van der Waals surface area contributed by atoms with Crippen molar-refractivity contribution in [3.63, 3.8) is 0 Å². The van der Waals surface area contributed by atoms with E-state index >= 15 is 0 Å². The van der Waals surface area contributed by atoms with Gasteiger partial charge in [0.15, 0.2) is 0 Å². The first kappa shape index (κ1) is 15.0. The molecule has 17 heavy (non-hydrogen) atoms. The van der Waals surface area contributed by atoms with Crippen LogP contribution in [0.25, 0.3) is 0 Å². The van der Waals surface area contributed by atoms with Crippen molar-refractivity contribution < 1.29 is 0 Å². The molecule has 1 atom stereocenters. The number of hydrogen-bond acceptors (Lipinski definition) is 1. The maximum absolute atomic E-state index is 3.68. The Bertz CT molecular complexity index is 170. The van der Waals surface area contributed by atoms with E-state index in [-0.39, 0.29) is 0 Å². The molecule has 102 valence electrons. The summed E-state index contributed by atoms with van der Waals surface area (Å²) in [5.41, 5.74) is 0. The van der Waals surface area contributed by atoms with E-state index in [1.807, 2.05) is 0 Å². The van der Waals surface area contributed by atoms with Gasteiger partial charge in [-0.2, -0.15) is 0 Å². The van der Waals surface area contributed by atoms with Crippen LogP contribution in [-0.4, -0.2) is 12.6 Å². The summed E-state index contributed by atoms with van der Waals surface area (Å²) in [6.07, 6.45) is 13.1. The molecule has 0 aromatic rings. The Morgan fingerprint density at radius 2 is 1.76 bits per heavy atom. The molecule has 0 heterocycles. The lowest BCUT2D eigenvalue weighted by Crippen LogP contribution is -2.29. The van der Waals surface area contributed by atoms with Gasteiger partial charge in [-0.25, -0.2) is 0 Å². The van der Waals surface area contributed by atoms with Gasteiger partial charge >= 0.3 is 0 Å². The Labute approximate surface area is 109 Å². The zero-order chi connectivity index (χ0) is 12.5. The normalized spacial score (nSPS) is 19.1. The van der Waals surface area contributed by atoms with Crippen LogP contribution in [0.15, 0.2) is 0 Å². The van der Waals surface area contributed by atoms with Crippen LogP contribution in [-0.2, 0) is 0 Å². The smallest absolute Gasteiger partial charge is 0.00670 e. The van der Waals surface area contributed by atoms with E-state index in [0.717, 1.165) is 24.4 Å². The maximum Gasteiger partial charge on any atom is 0.00670 e. The van der Waals surface area contributed by atoms with Crippen molar-refractivity contribution in [2.24, 2.45) is 11.8 Å². The van der Waals surface area contributed by atoms with Crippen LogP contribution in [0, 0.1) is 11.8 Å². The Hall–Kier alpha value is -0.0400. The molecule has 0 spiro atoms. The molecule has 0 saturated heterocycles. The van der Waals surface area contributed by atoms with Crippen LogP contribution in [0.5, 0.6) is 0 Å². The highest BCUT2D eigenvalue weighted by molar-refractivity contribution is 4.72. The fraction of sp³-hybridized carbons (Fsp3) is 1.00. The van der Waals surface area contributed by atoms with Crippen molar-refractivity contribution in [2.75, 3.05) is 6.54 Å². The van der Waals surface area contributed by atoms with Crippen molar-refractivity contribution in [3.8, 4) is 0 Å². The Kier molecular flexibility index (Phi) is 7.92. The molecular formula is C16H33N. The number of hydrogen-bond donors (Lipinski definition) is 1. The van der Waals surface area contributed by atoms with Crippen molar-refractivity contribution >= 4 is 0 Å². The summed E-state index contributed by atoms with van der Waals surface area (Å²) < 4.78 is 0. The minimum absolute atomic E-state index is 0.791. The predicted molar refractivity (Wildman–Crippen MR) is 77.3 cm³/mol. The standard InChI is InChI=1S/C16H33N/c1-4-17-16(11-7-8-14(2)3)13-12-15-9-5-6-10-15/h14-17H,4-13H2,1-3H3. The third kappa shape index (κ3) is 7.08. The average Bonchev–Trinajstić information content (AvgIpc) is 2.78. The van der Waals surface area contributed by atoms with Crippen molar-refractivity contribution in [1.82, 2.24) is 5.32 Å². The molecule has 0 aromatic carbocycles. The number of nitrogens with one attached hydrogen (secondary N) is 1. The Balaban J connectivity index is 2.12. The molecule has 0 bridgehead atoms. The van der Waals surface area contributed by atoms with Crippen molar-refractivity contribution in [3.05, 3.63) is 0 Å². The summed E-state index contributed by atoms with van der Waals surface area (Å²) in [6.45, 7) is 8.05. The van der Waals surface area contributed by atoms with Gasteiger partial charge in [0.2, 0.25) is 0 Å². The van der Waals surface area contributed by atoms with Gasteiger partial charge in [-0.05, 0) is 37.6 Å². The predicted octanol–water partition coefficient (Wildman–Crippen LogP) is 4.76. The quantitative estimate of drug-likeness (QED) is 0.611. The second-order valence-electron chi connectivity index (χ2n) is 6.31. The zero-order valence-electron chi connectivity index (χ0n) is 12.3. The lowest BCUT2D eigenvalue weighted by molar-refractivity contribution is 0.377. The third-order valence-electron chi connectivity index (χ3n) is 4.22. The highest BCUT2D eigenvalue weighted by Crippen LogP contribution is 2.29. The molecule has 0 amide bonds. The molecule has 1 unspecified atom stereocenters. The van der Waals surface area contributed by atoms with E-state index in [1.165, 1.54) is 57.8 Å². The van der Waals surface area contributed by atoms with Gasteiger partial charge in [-0.3, -0.25) is 0 Å². The molecule has 1 nitrogen and oxygen atoms in total. The monoisotopic (exact) mass is 239 g/mol. The summed E-state index contributed by atoms with van der Waals surface area (Å²) in [4.78, 5) is 0. The van der Waals surface area contributed by atoms with Crippen LogP contribution in [0.4, 0.5) is 0 Å². The van der Waals surface area contributed by atoms with E-state index in [1.54, 1.807) is 0 Å². The highest BCUT2D eigenvalue weighted by atomic mass is 14.9. The molecular weight excluding hydrogens is 206 g/mol. The molecule has 1 saturated carbocycles. The maximum atomic E-state index is 3.68. The second kappa shape index (κ2) is 8.97. The molecule has 0 radical (unpaired) electrons. The summed E-state index contributed by atoms with van der Waals surface area (Å²) in [5, 5.41) is 3.68. The van der Waals surface area contributed by atoms with Gasteiger partial charge in [-0.1, -0.05) is 59.3 Å². The van der Waals surface area contributed by atoms with E-state index in [4.69, 9.17) is 0 Å². The third-order valence-corrected chi connectivity index (χ3v) is 4.22. The van der Waals surface area contributed by atoms with Crippen LogP contribution in [0.1, 0.15) is 78.6 Å². The average molecular weight is 239 g/mol. The fourth-order valence-electron chi connectivity index (χ4n) is 3.15. The first-order valence-corrected chi connectivity index (χ1v) is 7.95. The minimum atomic E-state index is 0.791. The topological polar surface area (TPSA) is 12.0 Å². The molecule has 1 heteroatoms. The minimum Gasteiger partial charge on any atom is -0.314 e. The molecule has 1 aliphatic rings. The van der Waals surface area contributed by atoms with E-state index in [2.05, 4.69) is 26.1 Å². The first-order chi connectivity index (χ1) is 8.22. The summed E-state index contributed by atoms with van der Waals surface area (Å²) in [7, 11) is 0. The first-order valence-electron chi connectivity index (χ1n) is 7.95. The molecule has 1 aliphatic carbocycles.